The topological polar surface area (TPSA) is 254 Å². The minimum absolute atomic E-state index is 0.210. The van der Waals surface area contributed by atoms with Crippen LogP contribution in [0.3, 0.4) is 0 Å². The highest BCUT2D eigenvalue weighted by atomic mass is 16.7. The van der Waals surface area contributed by atoms with Gasteiger partial charge in [0, 0.05) is 12.8 Å². The molecule has 2 aliphatic heterocycles. The van der Waals surface area contributed by atoms with Gasteiger partial charge < -0.3 is 55.7 Å². The Morgan fingerprint density at radius 2 is 1.48 bits per heavy atom. The molecule has 15 heteroatoms. The van der Waals surface area contributed by atoms with Crippen LogP contribution < -0.4 is 16.6 Å². The zero-order valence-corrected chi connectivity index (χ0v) is 16.4. The van der Waals surface area contributed by atoms with E-state index in [2.05, 4.69) is 10.9 Å². The second-order valence-electron chi connectivity index (χ2n) is 7.22. The summed E-state index contributed by atoms with van der Waals surface area (Å²) in [7, 11) is 0. The monoisotopic (exact) mass is 455 g/mol. The number of carbonyl (C=O) groups excluding carboxylic acids is 2. The zero-order valence-electron chi connectivity index (χ0n) is 16.4. The SMILES string of the molecule is NC(=O)CCC(=O)NN[C@@H]1O[C@H](CO)[C@@H](O[C@H]2O[C@H](CO)[C@@H](O)[C@H](O)[C@H]2O)[C@H](O)[C@H]1O. The minimum atomic E-state index is -1.78. The molecule has 180 valence electrons. The summed E-state index contributed by atoms with van der Waals surface area (Å²) in [5.41, 5.74) is 9.42. The zero-order chi connectivity index (χ0) is 23.3. The fraction of sp³-hybridized carbons (Fsp3) is 0.875. The van der Waals surface area contributed by atoms with Crippen molar-refractivity contribution in [1.82, 2.24) is 10.9 Å². The van der Waals surface area contributed by atoms with E-state index in [9.17, 15) is 45.3 Å². The molecule has 2 aliphatic rings. The first-order valence-electron chi connectivity index (χ1n) is 9.51. The third kappa shape index (κ3) is 6.27. The lowest BCUT2D eigenvalue weighted by Gasteiger charge is -2.46. The maximum Gasteiger partial charge on any atom is 0.234 e. The third-order valence-electron chi connectivity index (χ3n) is 4.96. The van der Waals surface area contributed by atoms with E-state index in [1.54, 1.807) is 0 Å². The molecule has 15 nitrogen and oxygen atoms in total. The molecule has 2 amide bonds. The summed E-state index contributed by atoms with van der Waals surface area (Å²) in [4.78, 5) is 22.3. The molecule has 31 heavy (non-hydrogen) atoms. The van der Waals surface area contributed by atoms with Gasteiger partial charge in [0.25, 0.3) is 0 Å². The van der Waals surface area contributed by atoms with Crippen LogP contribution in [0.1, 0.15) is 12.8 Å². The maximum atomic E-state index is 11.6. The van der Waals surface area contributed by atoms with Gasteiger partial charge in [-0.1, -0.05) is 0 Å². The summed E-state index contributed by atoms with van der Waals surface area (Å²) < 4.78 is 16.0. The van der Waals surface area contributed by atoms with E-state index in [1.165, 1.54) is 0 Å². The van der Waals surface area contributed by atoms with E-state index < -0.39 is 86.4 Å². The van der Waals surface area contributed by atoms with Gasteiger partial charge in [-0.25, -0.2) is 5.43 Å². The van der Waals surface area contributed by atoms with Crippen molar-refractivity contribution in [2.75, 3.05) is 13.2 Å². The van der Waals surface area contributed by atoms with Crippen LogP contribution in [0.4, 0.5) is 0 Å². The second kappa shape index (κ2) is 11.4. The number of primary amides is 1. The van der Waals surface area contributed by atoms with E-state index in [4.69, 9.17) is 19.9 Å². The largest absolute Gasteiger partial charge is 0.394 e. The maximum absolute atomic E-state index is 11.6. The average Bonchev–Trinajstić information content (AvgIpc) is 2.74. The first kappa shape index (κ1) is 25.8. The molecule has 0 saturated carbocycles. The fourth-order valence-corrected chi connectivity index (χ4v) is 3.16. The Bertz CT molecular complexity index is 608. The van der Waals surface area contributed by atoms with Gasteiger partial charge in [-0.3, -0.25) is 15.0 Å². The molecule has 2 rings (SSSR count). The van der Waals surface area contributed by atoms with Gasteiger partial charge in [0.2, 0.25) is 11.8 Å². The summed E-state index contributed by atoms with van der Waals surface area (Å²) >= 11 is 0. The van der Waals surface area contributed by atoms with Crippen LogP contribution in [0.25, 0.3) is 0 Å². The van der Waals surface area contributed by atoms with Crippen molar-refractivity contribution < 1.29 is 59.5 Å². The summed E-state index contributed by atoms with van der Waals surface area (Å²) in [6.07, 6.45) is -16.1. The third-order valence-corrected chi connectivity index (χ3v) is 4.96. The van der Waals surface area contributed by atoms with Crippen LogP contribution >= 0.6 is 0 Å². The Balaban J connectivity index is 2.00. The van der Waals surface area contributed by atoms with Crippen molar-refractivity contribution in [1.29, 1.82) is 0 Å². The number of aliphatic hydroxyl groups is 7. The first-order valence-corrected chi connectivity index (χ1v) is 9.51. The van der Waals surface area contributed by atoms with Crippen molar-refractivity contribution in [2.24, 2.45) is 5.73 Å². The second-order valence-corrected chi connectivity index (χ2v) is 7.22. The number of rotatable bonds is 9. The molecule has 0 aromatic rings. The van der Waals surface area contributed by atoms with Gasteiger partial charge in [-0.2, -0.15) is 0 Å². The van der Waals surface area contributed by atoms with Crippen LogP contribution in [0.15, 0.2) is 0 Å². The summed E-state index contributed by atoms with van der Waals surface area (Å²) in [6.45, 7) is -1.43. The van der Waals surface area contributed by atoms with Crippen LogP contribution in [-0.2, 0) is 23.8 Å². The molecule has 11 N–H and O–H groups in total. The van der Waals surface area contributed by atoms with Crippen molar-refractivity contribution in [3.63, 3.8) is 0 Å². The first-order chi connectivity index (χ1) is 14.6. The molecular weight excluding hydrogens is 426 g/mol. The number of aliphatic hydroxyl groups excluding tert-OH is 7. The standard InChI is InChI=1S/C16H29N3O12/c17-7(22)1-2-8(23)18-19-15-12(27)11(26)14(6(4-21)29-15)31-16-13(28)10(25)9(24)5(3-20)30-16/h5-6,9-16,19-21,24-28H,1-4H2,(H2,17,22)(H,18,23)/t5-,6-,9-,10+,11-,12-,13-,14-,15-,16-/m1/s1. The van der Waals surface area contributed by atoms with Gasteiger partial charge in [0.05, 0.1) is 13.2 Å². The van der Waals surface area contributed by atoms with Crippen molar-refractivity contribution >= 4 is 11.8 Å². The number of carbonyl (C=O) groups is 2. The van der Waals surface area contributed by atoms with E-state index in [-0.39, 0.29) is 12.8 Å². The lowest BCUT2D eigenvalue weighted by Crippen LogP contribution is -2.67. The highest BCUT2D eigenvalue weighted by Gasteiger charge is 2.50. The lowest BCUT2D eigenvalue weighted by atomic mass is 9.96. The highest BCUT2D eigenvalue weighted by molar-refractivity contribution is 5.82. The summed E-state index contributed by atoms with van der Waals surface area (Å²) in [5, 5.41) is 69.3. The summed E-state index contributed by atoms with van der Waals surface area (Å²) in [6, 6.07) is 0. The molecule has 0 aromatic heterocycles. The van der Waals surface area contributed by atoms with Crippen LogP contribution in [0, 0.1) is 0 Å². The normalized spacial score (nSPS) is 41.0. The van der Waals surface area contributed by atoms with E-state index in [0.717, 1.165) is 0 Å². The van der Waals surface area contributed by atoms with Gasteiger partial charge in [0.1, 0.15) is 48.8 Å². The predicted molar refractivity (Wildman–Crippen MR) is 96.1 cm³/mol. The number of ether oxygens (including phenoxy) is 3. The quantitative estimate of drug-likeness (QED) is 0.145. The minimum Gasteiger partial charge on any atom is -0.394 e. The fourth-order valence-electron chi connectivity index (χ4n) is 3.16. The number of hydrogen-bond acceptors (Lipinski definition) is 13. The van der Waals surface area contributed by atoms with E-state index in [1.807, 2.05) is 0 Å². The number of nitrogens with two attached hydrogens (primary N) is 1. The molecule has 0 aromatic carbocycles. The van der Waals surface area contributed by atoms with E-state index in [0.29, 0.717) is 0 Å². The lowest BCUT2D eigenvalue weighted by molar-refractivity contribution is -0.343. The van der Waals surface area contributed by atoms with Crippen LogP contribution in [0.5, 0.6) is 0 Å². The van der Waals surface area contributed by atoms with Gasteiger partial charge in [-0.05, 0) is 0 Å². The Hall–Kier alpha value is -1.50. The van der Waals surface area contributed by atoms with Gasteiger partial charge >= 0.3 is 0 Å². The van der Waals surface area contributed by atoms with E-state index >= 15 is 0 Å². The van der Waals surface area contributed by atoms with Crippen molar-refractivity contribution in [3.05, 3.63) is 0 Å². The van der Waals surface area contributed by atoms with Crippen molar-refractivity contribution in [3.8, 4) is 0 Å². The number of hydrogen-bond donors (Lipinski definition) is 10. The molecule has 10 atom stereocenters. The van der Waals surface area contributed by atoms with Crippen LogP contribution in [-0.4, -0.2) is 122 Å². The Morgan fingerprint density at radius 3 is 2.06 bits per heavy atom. The average molecular weight is 455 g/mol. The smallest absolute Gasteiger partial charge is 0.234 e. The number of nitrogens with one attached hydrogen (secondary N) is 2. The molecule has 0 spiro atoms. The number of amides is 2. The molecular formula is C16H29N3O12. The Morgan fingerprint density at radius 1 is 0.839 bits per heavy atom. The Labute approximate surface area is 176 Å². The van der Waals surface area contributed by atoms with Crippen molar-refractivity contribution in [2.45, 2.75) is 74.2 Å². The highest BCUT2D eigenvalue weighted by Crippen LogP contribution is 2.28. The molecule has 0 unspecified atom stereocenters. The predicted octanol–water partition coefficient (Wildman–Crippen LogP) is -6.50. The van der Waals surface area contributed by atoms with Crippen LogP contribution in [0.2, 0.25) is 0 Å². The Kier molecular flexibility index (Phi) is 9.46. The molecule has 0 radical (unpaired) electrons. The van der Waals surface area contributed by atoms with Gasteiger partial charge in [0.15, 0.2) is 12.5 Å². The summed E-state index contributed by atoms with van der Waals surface area (Å²) in [5.74, 6) is -1.34. The molecule has 2 saturated heterocycles. The molecule has 0 aliphatic carbocycles. The molecule has 0 bridgehead atoms. The van der Waals surface area contributed by atoms with Gasteiger partial charge in [-0.15, -0.1) is 0 Å². The number of hydrazine groups is 1. The molecule has 2 fully saturated rings. The molecule has 2 heterocycles.